The Morgan fingerprint density at radius 3 is 2.61 bits per heavy atom. The summed E-state index contributed by atoms with van der Waals surface area (Å²) in [5, 5.41) is 7.21. The van der Waals surface area contributed by atoms with Gasteiger partial charge >= 0.3 is 6.03 Å². The van der Waals surface area contributed by atoms with Gasteiger partial charge in [-0.05, 0) is 42.0 Å². The Morgan fingerprint density at radius 1 is 1.04 bits per heavy atom. The molecular weight excluding hydrogens is 415 g/mol. The summed E-state index contributed by atoms with van der Waals surface area (Å²) in [6, 6.07) is 16.4. The fraction of sp³-hybridized carbons (Fsp3) is 0.0500. The summed E-state index contributed by atoms with van der Waals surface area (Å²) in [5.41, 5.74) is 3.25. The van der Waals surface area contributed by atoms with Crippen LogP contribution in [0.25, 0.3) is 21.3 Å². The second-order valence-corrected chi connectivity index (χ2v) is 7.77. The van der Waals surface area contributed by atoms with Crippen LogP contribution in [0.2, 0.25) is 10.0 Å². The van der Waals surface area contributed by atoms with Gasteiger partial charge in [-0.1, -0.05) is 52.7 Å². The normalized spacial score (nSPS) is 10.8. The molecule has 0 saturated heterocycles. The zero-order chi connectivity index (χ0) is 19.5. The van der Waals surface area contributed by atoms with Crippen molar-refractivity contribution in [2.75, 3.05) is 5.32 Å². The molecule has 0 aliphatic heterocycles. The Labute approximate surface area is 175 Å². The molecule has 0 unspecified atom stereocenters. The maximum absolute atomic E-state index is 12.1. The number of fused-ring (bicyclic) bond motifs is 1. The van der Waals surface area contributed by atoms with Gasteiger partial charge in [-0.3, -0.25) is 10.3 Å². The molecule has 0 bridgehead atoms. The van der Waals surface area contributed by atoms with Gasteiger partial charge in [0.25, 0.3) is 0 Å². The topological polar surface area (TPSA) is 66.9 Å². The monoisotopic (exact) mass is 428 g/mol. The van der Waals surface area contributed by atoms with Crippen LogP contribution < -0.4 is 10.6 Å². The van der Waals surface area contributed by atoms with Crippen LogP contribution in [0.3, 0.4) is 0 Å². The van der Waals surface area contributed by atoms with Gasteiger partial charge in [-0.15, -0.1) is 0 Å². The van der Waals surface area contributed by atoms with E-state index in [1.54, 1.807) is 18.3 Å². The van der Waals surface area contributed by atoms with Crippen LogP contribution in [-0.2, 0) is 6.54 Å². The maximum Gasteiger partial charge on any atom is 0.321 e. The largest absolute Gasteiger partial charge is 0.332 e. The molecule has 4 rings (SSSR count). The Kier molecular flexibility index (Phi) is 5.43. The van der Waals surface area contributed by atoms with E-state index in [0.717, 1.165) is 27.0 Å². The van der Waals surface area contributed by atoms with Gasteiger partial charge in [0.2, 0.25) is 0 Å². The molecule has 8 heteroatoms. The van der Waals surface area contributed by atoms with Gasteiger partial charge < -0.3 is 5.32 Å². The molecule has 0 fully saturated rings. The van der Waals surface area contributed by atoms with Crippen molar-refractivity contribution < 1.29 is 4.79 Å². The lowest BCUT2D eigenvalue weighted by molar-refractivity contribution is 0.251. The molecule has 0 aliphatic rings. The summed E-state index contributed by atoms with van der Waals surface area (Å²) in [4.78, 5) is 20.7. The predicted octanol–water partition coefficient (Wildman–Crippen LogP) is 5.99. The highest BCUT2D eigenvalue weighted by atomic mass is 35.5. The Morgan fingerprint density at radius 2 is 1.86 bits per heavy atom. The minimum atomic E-state index is -0.334. The first-order valence-electron chi connectivity index (χ1n) is 8.40. The highest BCUT2D eigenvalue weighted by Crippen LogP contribution is 2.37. The number of pyridine rings is 1. The molecular formula is C20H14Cl2N4OS. The molecule has 4 aromatic rings. The van der Waals surface area contributed by atoms with Crippen molar-refractivity contribution in [1.82, 2.24) is 15.3 Å². The van der Waals surface area contributed by atoms with E-state index in [1.807, 2.05) is 42.5 Å². The van der Waals surface area contributed by atoms with Gasteiger partial charge in [0, 0.05) is 21.8 Å². The number of urea groups is 1. The molecule has 2 N–H and O–H groups in total. The molecule has 5 nitrogen and oxygen atoms in total. The van der Waals surface area contributed by atoms with E-state index < -0.39 is 0 Å². The summed E-state index contributed by atoms with van der Waals surface area (Å²) in [5.74, 6) is 0. The second kappa shape index (κ2) is 8.14. The summed E-state index contributed by atoms with van der Waals surface area (Å²) in [7, 11) is 0. The van der Waals surface area contributed by atoms with Crippen LogP contribution >= 0.6 is 34.5 Å². The van der Waals surface area contributed by atoms with E-state index in [9.17, 15) is 4.79 Å². The quantitative estimate of drug-likeness (QED) is 0.419. The Bertz CT molecular complexity index is 1130. The number of rotatable bonds is 4. The van der Waals surface area contributed by atoms with Crippen molar-refractivity contribution >= 4 is 55.9 Å². The summed E-state index contributed by atoms with van der Waals surface area (Å²) in [6.07, 6.45) is 1.69. The number of nitrogens with one attached hydrogen (secondary N) is 2. The molecule has 0 spiro atoms. The summed E-state index contributed by atoms with van der Waals surface area (Å²) < 4.78 is 0.925. The van der Waals surface area contributed by atoms with E-state index in [1.165, 1.54) is 11.3 Å². The van der Waals surface area contributed by atoms with Crippen LogP contribution in [0.5, 0.6) is 0 Å². The minimum Gasteiger partial charge on any atom is -0.332 e. The Balaban J connectivity index is 1.51. The summed E-state index contributed by atoms with van der Waals surface area (Å²) in [6.45, 7) is 0.340. The number of halogens is 2. The molecule has 0 saturated carbocycles. The smallest absolute Gasteiger partial charge is 0.321 e. The number of hydrogen-bond donors (Lipinski definition) is 2. The molecule has 0 radical (unpaired) electrons. The van der Waals surface area contributed by atoms with Crippen LogP contribution in [-0.4, -0.2) is 16.0 Å². The van der Waals surface area contributed by atoms with E-state index in [4.69, 9.17) is 23.2 Å². The molecule has 0 aliphatic carbocycles. The average Bonchev–Trinajstić information content (AvgIpc) is 3.08. The van der Waals surface area contributed by atoms with Crippen LogP contribution in [0.4, 0.5) is 9.93 Å². The highest BCUT2D eigenvalue weighted by molar-refractivity contribution is 7.22. The third-order valence-electron chi connectivity index (χ3n) is 4.02. The minimum absolute atomic E-state index is 0.334. The lowest BCUT2D eigenvalue weighted by Gasteiger charge is -2.06. The van der Waals surface area contributed by atoms with Crippen LogP contribution in [0, 0.1) is 0 Å². The molecule has 140 valence electrons. The van der Waals surface area contributed by atoms with Crippen molar-refractivity contribution in [1.29, 1.82) is 0 Å². The number of nitrogens with zero attached hydrogens (tertiary/aromatic N) is 2. The first-order chi connectivity index (χ1) is 13.6. The zero-order valence-electron chi connectivity index (χ0n) is 14.4. The maximum atomic E-state index is 12.1. The van der Waals surface area contributed by atoms with E-state index in [0.29, 0.717) is 21.7 Å². The SMILES string of the molecule is O=C(NCc1ccccn1)Nc1nc2ccc(-c3c(Cl)cccc3Cl)cc2s1. The van der Waals surface area contributed by atoms with Crippen LogP contribution in [0.1, 0.15) is 5.69 Å². The van der Waals surface area contributed by atoms with Crippen molar-refractivity contribution in [3.05, 3.63) is 76.5 Å². The van der Waals surface area contributed by atoms with Gasteiger partial charge in [-0.2, -0.15) is 0 Å². The number of carbonyl (C=O) groups excluding carboxylic acids is 1. The molecule has 2 aromatic heterocycles. The predicted molar refractivity (Wildman–Crippen MR) is 115 cm³/mol. The third-order valence-corrected chi connectivity index (χ3v) is 5.58. The number of carbonyl (C=O) groups is 1. The van der Waals surface area contributed by atoms with E-state index in [2.05, 4.69) is 20.6 Å². The Hall–Kier alpha value is -2.67. The highest BCUT2D eigenvalue weighted by Gasteiger charge is 2.12. The molecule has 2 aromatic carbocycles. The first kappa shape index (κ1) is 18.7. The zero-order valence-corrected chi connectivity index (χ0v) is 16.8. The number of anilines is 1. The number of aromatic nitrogens is 2. The molecule has 28 heavy (non-hydrogen) atoms. The van der Waals surface area contributed by atoms with Gasteiger partial charge in [0.1, 0.15) is 0 Å². The standard InChI is InChI=1S/C20H14Cl2N4OS/c21-14-5-3-6-15(22)18(14)12-7-8-16-17(10-12)28-20(25-16)26-19(27)24-11-13-4-1-2-9-23-13/h1-10H,11H2,(H2,24,25,26,27). The number of amides is 2. The average molecular weight is 429 g/mol. The van der Waals surface area contributed by atoms with Gasteiger partial charge in [-0.25, -0.2) is 9.78 Å². The van der Waals surface area contributed by atoms with E-state index in [-0.39, 0.29) is 6.03 Å². The summed E-state index contributed by atoms with van der Waals surface area (Å²) >= 11 is 14.0. The fourth-order valence-electron chi connectivity index (χ4n) is 2.72. The van der Waals surface area contributed by atoms with Crippen LogP contribution in [0.15, 0.2) is 60.8 Å². The van der Waals surface area contributed by atoms with Gasteiger partial charge in [0.15, 0.2) is 5.13 Å². The van der Waals surface area contributed by atoms with Crippen molar-refractivity contribution in [3.63, 3.8) is 0 Å². The molecule has 2 amide bonds. The van der Waals surface area contributed by atoms with Crippen molar-refractivity contribution in [2.24, 2.45) is 0 Å². The lowest BCUT2D eigenvalue weighted by Crippen LogP contribution is -2.28. The third kappa shape index (κ3) is 4.09. The number of hydrogen-bond acceptors (Lipinski definition) is 4. The lowest BCUT2D eigenvalue weighted by atomic mass is 10.1. The van der Waals surface area contributed by atoms with Crippen molar-refractivity contribution in [3.8, 4) is 11.1 Å². The van der Waals surface area contributed by atoms with E-state index >= 15 is 0 Å². The molecule has 2 heterocycles. The fourth-order valence-corrected chi connectivity index (χ4v) is 4.24. The number of thiazole rings is 1. The van der Waals surface area contributed by atoms with Gasteiger partial charge in [0.05, 0.1) is 22.5 Å². The number of benzene rings is 2. The van der Waals surface area contributed by atoms with Crippen molar-refractivity contribution in [2.45, 2.75) is 6.54 Å². The molecule has 0 atom stereocenters. The second-order valence-electron chi connectivity index (χ2n) is 5.93. The first-order valence-corrected chi connectivity index (χ1v) is 9.97.